The normalized spacial score (nSPS) is 27.8. The number of hydrogen-bond acceptors (Lipinski definition) is 3. The third-order valence-electron chi connectivity index (χ3n) is 4.87. The number of benzene rings is 1. The molecule has 2 aliphatic rings. The van der Waals surface area contributed by atoms with Crippen LogP contribution in [0.1, 0.15) is 31.2 Å². The number of aryl methyl sites for hydroxylation is 1. The van der Waals surface area contributed by atoms with Crippen LogP contribution in [0.25, 0.3) is 0 Å². The van der Waals surface area contributed by atoms with Crippen molar-refractivity contribution in [2.45, 2.75) is 37.5 Å². The van der Waals surface area contributed by atoms with E-state index in [1.165, 1.54) is 18.6 Å². The highest BCUT2D eigenvalue weighted by Gasteiger charge is 2.43. The van der Waals surface area contributed by atoms with Crippen LogP contribution in [-0.2, 0) is 14.8 Å². The van der Waals surface area contributed by atoms with Crippen LogP contribution in [0.5, 0.6) is 0 Å². The Balaban J connectivity index is 1.80. The number of nitrogens with two attached hydrogens (primary N) is 1. The molecule has 1 aromatic carbocycles. The molecule has 114 valence electrons. The number of anilines is 1. The molecule has 0 radical (unpaired) electrons. The zero-order chi connectivity index (χ0) is 15.2. The van der Waals surface area contributed by atoms with Gasteiger partial charge >= 0.3 is 0 Å². The second-order valence-corrected chi connectivity index (χ2v) is 7.85. The summed E-state index contributed by atoms with van der Waals surface area (Å²) in [6.45, 7) is 1.84. The fourth-order valence-electron chi connectivity index (χ4n) is 3.70. The number of fused-ring (bicyclic) bond motifs is 2. The van der Waals surface area contributed by atoms with Crippen LogP contribution in [0.15, 0.2) is 23.1 Å². The molecule has 1 aromatic rings. The third kappa shape index (κ3) is 2.82. The van der Waals surface area contributed by atoms with Gasteiger partial charge in [0.05, 0.1) is 4.90 Å². The van der Waals surface area contributed by atoms with Gasteiger partial charge in [-0.1, -0.05) is 12.5 Å². The van der Waals surface area contributed by atoms with E-state index < -0.39 is 10.0 Å². The van der Waals surface area contributed by atoms with Gasteiger partial charge in [0.1, 0.15) is 0 Å². The first-order valence-corrected chi connectivity index (χ1v) is 8.83. The summed E-state index contributed by atoms with van der Waals surface area (Å²) in [5.74, 6) is 1.28. The molecule has 0 saturated heterocycles. The number of hydrogen-bond donors (Lipinski definition) is 2. The van der Waals surface area contributed by atoms with Crippen molar-refractivity contribution in [2.75, 3.05) is 5.32 Å². The quantitative estimate of drug-likeness (QED) is 0.895. The van der Waals surface area contributed by atoms with E-state index >= 15 is 0 Å². The SMILES string of the molecule is Cc1ccc(S(N)(=O)=O)cc1NC(=O)[C@@H]1C[C@H]2CC[C@@H]1C2. The molecule has 2 aliphatic carbocycles. The van der Waals surface area contributed by atoms with E-state index in [2.05, 4.69) is 5.32 Å². The summed E-state index contributed by atoms with van der Waals surface area (Å²) in [4.78, 5) is 12.5. The van der Waals surface area contributed by atoms with E-state index in [0.29, 0.717) is 17.5 Å². The number of carbonyl (C=O) groups is 1. The summed E-state index contributed by atoms with van der Waals surface area (Å²) in [5, 5.41) is 8.03. The Morgan fingerprint density at radius 1 is 1.29 bits per heavy atom. The van der Waals surface area contributed by atoms with Crippen molar-refractivity contribution in [2.24, 2.45) is 22.9 Å². The lowest BCUT2D eigenvalue weighted by atomic mass is 9.88. The number of rotatable bonds is 3. The Bertz CT molecular complexity index is 684. The molecule has 3 N–H and O–H groups in total. The Kier molecular flexibility index (Phi) is 3.53. The van der Waals surface area contributed by atoms with Gasteiger partial charge in [0.25, 0.3) is 0 Å². The standard InChI is InChI=1S/C15H20N2O3S/c1-9-2-5-12(21(16,19)20)8-14(9)17-15(18)13-7-10-3-4-11(13)6-10/h2,5,8,10-11,13H,3-4,6-7H2,1H3,(H,17,18)(H2,16,19,20)/t10-,11+,13+/m0/s1. The maximum atomic E-state index is 12.4. The Morgan fingerprint density at radius 3 is 2.62 bits per heavy atom. The van der Waals surface area contributed by atoms with Crippen molar-refractivity contribution < 1.29 is 13.2 Å². The van der Waals surface area contributed by atoms with Gasteiger partial charge in [0.15, 0.2) is 0 Å². The number of amides is 1. The van der Waals surface area contributed by atoms with Gasteiger partial charge in [-0.3, -0.25) is 4.79 Å². The summed E-state index contributed by atoms with van der Waals surface area (Å²) in [5.41, 5.74) is 1.37. The summed E-state index contributed by atoms with van der Waals surface area (Å²) < 4.78 is 22.8. The van der Waals surface area contributed by atoms with Crippen molar-refractivity contribution in [3.63, 3.8) is 0 Å². The first kappa shape index (κ1) is 14.5. The van der Waals surface area contributed by atoms with Crippen molar-refractivity contribution >= 4 is 21.6 Å². The number of nitrogens with one attached hydrogen (secondary N) is 1. The van der Waals surface area contributed by atoms with E-state index in [0.717, 1.165) is 24.8 Å². The van der Waals surface area contributed by atoms with Crippen LogP contribution < -0.4 is 10.5 Å². The molecule has 0 unspecified atom stereocenters. The average Bonchev–Trinajstić information content (AvgIpc) is 3.02. The Hall–Kier alpha value is -1.40. The first-order chi connectivity index (χ1) is 9.84. The topological polar surface area (TPSA) is 89.3 Å². The summed E-state index contributed by atoms with van der Waals surface area (Å²) >= 11 is 0. The molecule has 3 atom stereocenters. The van der Waals surface area contributed by atoms with Gasteiger partial charge < -0.3 is 5.32 Å². The number of sulfonamides is 1. The van der Waals surface area contributed by atoms with E-state index in [1.807, 2.05) is 6.92 Å². The van der Waals surface area contributed by atoms with Gasteiger partial charge in [-0.15, -0.1) is 0 Å². The monoisotopic (exact) mass is 308 g/mol. The average molecular weight is 308 g/mol. The van der Waals surface area contributed by atoms with E-state index in [4.69, 9.17) is 5.14 Å². The minimum absolute atomic E-state index is 0.0110. The Labute approximate surface area is 125 Å². The van der Waals surface area contributed by atoms with Crippen LogP contribution in [-0.4, -0.2) is 14.3 Å². The molecule has 0 heterocycles. The van der Waals surface area contributed by atoms with Gasteiger partial charge in [-0.25, -0.2) is 13.6 Å². The van der Waals surface area contributed by atoms with Crippen LogP contribution in [0.3, 0.4) is 0 Å². The van der Waals surface area contributed by atoms with Crippen LogP contribution >= 0.6 is 0 Å². The lowest BCUT2D eigenvalue weighted by Crippen LogP contribution is -2.27. The molecule has 6 heteroatoms. The minimum atomic E-state index is -3.76. The van der Waals surface area contributed by atoms with E-state index in [9.17, 15) is 13.2 Å². The van der Waals surface area contributed by atoms with Crippen molar-refractivity contribution in [3.05, 3.63) is 23.8 Å². The molecular formula is C15H20N2O3S. The molecule has 0 aromatic heterocycles. The van der Waals surface area contributed by atoms with E-state index in [1.54, 1.807) is 6.07 Å². The zero-order valence-electron chi connectivity index (χ0n) is 12.0. The fourth-order valence-corrected chi connectivity index (χ4v) is 4.24. The molecule has 5 nitrogen and oxygen atoms in total. The van der Waals surface area contributed by atoms with Crippen LogP contribution in [0.2, 0.25) is 0 Å². The fraction of sp³-hybridized carbons (Fsp3) is 0.533. The third-order valence-corrected chi connectivity index (χ3v) is 5.78. The molecule has 21 heavy (non-hydrogen) atoms. The highest BCUT2D eigenvalue weighted by Crippen LogP contribution is 2.48. The summed E-state index contributed by atoms with van der Waals surface area (Å²) in [6, 6.07) is 4.56. The number of primary sulfonamides is 1. The molecular weight excluding hydrogens is 288 g/mol. The Morgan fingerprint density at radius 2 is 2.05 bits per heavy atom. The van der Waals surface area contributed by atoms with Crippen LogP contribution in [0, 0.1) is 24.7 Å². The lowest BCUT2D eigenvalue weighted by molar-refractivity contribution is -0.121. The predicted octanol–water partition coefficient (Wildman–Crippen LogP) is 2.02. The molecule has 2 bridgehead atoms. The maximum absolute atomic E-state index is 12.4. The van der Waals surface area contributed by atoms with E-state index in [-0.39, 0.29) is 16.7 Å². The van der Waals surface area contributed by atoms with Gasteiger partial charge in [0, 0.05) is 11.6 Å². The second kappa shape index (κ2) is 5.10. The van der Waals surface area contributed by atoms with Gasteiger partial charge in [-0.05, 0) is 55.7 Å². The highest BCUT2D eigenvalue weighted by atomic mass is 32.2. The lowest BCUT2D eigenvalue weighted by Gasteiger charge is -2.21. The van der Waals surface area contributed by atoms with Crippen LogP contribution in [0.4, 0.5) is 5.69 Å². The second-order valence-electron chi connectivity index (χ2n) is 6.29. The van der Waals surface area contributed by atoms with Crippen molar-refractivity contribution in [1.29, 1.82) is 0 Å². The molecule has 2 saturated carbocycles. The smallest absolute Gasteiger partial charge is 0.238 e. The van der Waals surface area contributed by atoms with Gasteiger partial charge in [-0.2, -0.15) is 0 Å². The summed E-state index contributed by atoms with van der Waals surface area (Å²) in [7, 11) is -3.76. The first-order valence-electron chi connectivity index (χ1n) is 7.29. The molecule has 0 aliphatic heterocycles. The molecule has 0 spiro atoms. The number of carbonyl (C=O) groups excluding carboxylic acids is 1. The van der Waals surface area contributed by atoms with Gasteiger partial charge in [0.2, 0.25) is 15.9 Å². The van der Waals surface area contributed by atoms with Crippen molar-refractivity contribution in [3.8, 4) is 0 Å². The molecule has 1 amide bonds. The molecule has 3 rings (SSSR count). The highest BCUT2D eigenvalue weighted by molar-refractivity contribution is 7.89. The largest absolute Gasteiger partial charge is 0.326 e. The maximum Gasteiger partial charge on any atom is 0.238 e. The zero-order valence-corrected chi connectivity index (χ0v) is 12.8. The van der Waals surface area contributed by atoms with Crippen molar-refractivity contribution in [1.82, 2.24) is 0 Å². The predicted molar refractivity (Wildman–Crippen MR) is 80.1 cm³/mol. The minimum Gasteiger partial charge on any atom is -0.326 e. The summed E-state index contributed by atoms with van der Waals surface area (Å²) in [6.07, 6.45) is 4.51. The molecule has 2 fully saturated rings.